The Morgan fingerprint density at radius 1 is 1.45 bits per heavy atom. The van der Waals surface area contributed by atoms with Crippen LogP contribution in [0.15, 0.2) is 23.4 Å². The van der Waals surface area contributed by atoms with Gasteiger partial charge in [-0.05, 0) is 44.9 Å². The van der Waals surface area contributed by atoms with Crippen LogP contribution in [-0.4, -0.2) is 43.2 Å². The van der Waals surface area contributed by atoms with E-state index in [9.17, 15) is 5.11 Å². The highest BCUT2D eigenvalue weighted by Gasteiger charge is 2.16. The molecule has 0 saturated heterocycles. The van der Waals surface area contributed by atoms with Gasteiger partial charge in [-0.2, -0.15) is 0 Å². The molecule has 1 unspecified atom stereocenters. The summed E-state index contributed by atoms with van der Waals surface area (Å²) in [4.78, 5) is 5.36. The number of fused-ring (bicyclic) bond motifs is 1. The van der Waals surface area contributed by atoms with Gasteiger partial charge in [-0.3, -0.25) is 0 Å². The van der Waals surface area contributed by atoms with Crippen LogP contribution in [0.25, 0.3) is 0 Å². The standard InChI is InChI=1S/C17H26N2O3/c1-3-8-18-11-14(20)12-22-19-16-5-4-9-21-17-7-6-13(2)10-15(16)17/h6-7,10,14,18,20H,3-5,8-9,11-12H2,1-2H3/b19-16+. The van der Waals surface area contributed by atoms with Crippen molar-refractivity contribution < 1.29 is 14.7 Å². The average Bonchev–Trinajstić information content (AvgIpc) is 2.70. The quantitative estimate of drug-likeness (QED) is 0.599. The van der Waals surface area contributed by atoms with E-state index in [0.717, 1.165) is 42.8 Å². The molecule has 1 aromatic rings. The van der Waals surface area contributed by atoms with Crippen LogP contribution in [0.2, 0.25) is 0 Å². The molecule has 0 saturated carbocycles. The summed E-state index contributed by atoms with van der Waals surface area (Å²) in [5.41, 5.74) is 3.06. The van der Waals surface area contributed by atoms with Crippen molar-refractivity contribution in [2.75, 3.05) is 26.3 Å². The number of hydrogen-bond acceptors (Lipinski definition) is 5. The Labute approximate surface area is 132 Å². The third-order valence-electron chi connectivity index (χ3n) is 3.51. The second-order valence-corrected chi connectivity index (χ2v) is 5.64. The second-order valence-electron chi connectivity index (χ2n) is 5.64. The summed E-state index contributed by atoms with van der Waals surface area (Å²) in [6.45, 7) is 6.45. The van der Waals surface area contributed by atoms with Crippen molar-refractivity contribution in [2.24, 2.45) is 5.16 Å². The Morgan fingerprint density at radius 3 is 3.14 bits per heavy atom. The Hall–Kier alpha value is -1.59. The van der Waals surface area contributed by atoms with Gasteiger partial charge in [-0.1, -0.05) is 23.7 Å². The largest absolute Gasteiger partial charge is 0.493 e. The molecule has 5 heteroatoms. The number of aliphatic hydroxyl groups is 1. The summed E-state index contributed by atoms with van der Waals surface area (Å²) in [6, 6.07) is 6.09. The lowest BCUT2D eigenvalue weighted by atomic mass is 10.0. The summed E-state index contributed by atoms with van der Waals surface area (Å²) in [5.74, 6) is 0.857. The van der Waals surface area contributed by atoms with Crippen molar-refractivity contribution >= 4 is 5.71 Å². The monoisotopic (exact) mass is 306 g/mol. The topological polar surface area (TPSA) is 63.1 Å². The van der Waals surface area contributed by atoms with Crippen LogP contribution >= 0.6 is 0 Å². The van der Waals surface area contributed by atoms with Gasteiger partial charge in [-0.15, -0.1) is 0 Å². The molecule has 1 atom stereocenters. The molecule has 1 aliphatic heterocycles. The number of aliphatic hydroxyl groups excluding tert-OH is 1. The minimum atomic E-state index is -0.546. The summed E-state index contributed by atoms with van der Waals surface area (Å²) in [7, 11) is 0. The molecule has 2 rings (SSSR count). The summed E-state index contributed by atoms with van der Waals surface area (Å²) >= 11 is 0. The Bertz CT molecular complexity index is 503. The fraction of sp³-hybridized carbons (Fsp3) is 0.588. The number of rotatable bonds is 7. The molecule has 5 nitrogen and oxygen atoms in total. The van der Waals surface area contributed by atoms with Crippen LogP contribution in [-0.2, 0) is 4.84 Å². The summed E-state index contributed by atoms with van der Waals surface area (Å²) < 4.78 is 5.73. The van der Waals surface area contributed by atoms with Crippen molar-refractivity contribution in [1.82, 2.24) is 5.32 Å². The maximum absolute atomic E-state index is 9.82. The number of hydrogen-bond donors (Lipinski definition) is 2. The van der Waals surface area contributed by atoms with E-state index in [1.165, 1.54) is 5.56 Å². The second kappa shape index (κ2) is 8.76. The van der Waals surface area contributed by atoms with Crippen LogP contribution in [0.3, 0.4) is 0 Å². The summed E-state index contributed by atoms with van der Waals surface area (Å²) in [6.07, 6.45) is 2.23. The smallest absolute Gasteiger partial charge is 0.144 e. The highest BCUT2D eigenvalue weighted by atomic mass is 16.6. The molecule has 122 valence electrons. The molecule has 0 fully saturated rings. The van der Waals surface area contributed by atoms with Crippen LogP contribution in [0.1, 0.15) is 37.3 Å². The van der Waals surface area contributed by atoms with Gasteiger partial charge < -0.3 is 20.0 Å². The average molecular weight is 306 g/mol. The zero-order valence-corrected chi connectivity index (χ0v) is 13.5. The highest BCUT2D eigenvalue weighted by molar-refractivity contribution is 6.03. The van der Waals surface area contributed by atoms with Crippen LogP contribution in [0.4, 0.5) is 0 Å². The van der Waals surface area contributed by atoms with Crippen molar-refractivity contribution in [2.45, 2.75) is 39.2 Å². The third-order valence-corrected chi connectivity index (χ3v) is 3.51. The highest BCUT2D eigenvalue weighted by Crippen LogP contribution is 2.25. The van der Waals surface area contributed by atoms with Gasteiger partial charge in [0.05, 0.1) is 12.3 Å². The molecular formula is C17H26N2O3. The van der Waals surface area contributed by atoms with E-state index in [1.54, 1.807) is 0 Å². The van der Waals surface area contributed by atoms with Gasteiger partial charge in [-0.25, -0.2) is 0 Å². The molecule has 22 heavy (non-hydrogen) atoms. The first-order valence-electron chi connectivity index (χ1n) is 8.02. The predicted molar refractivity (Wildman–Crippen MR) is 87.6 cm³/mol. The molecule has 1 heterocycles. The van der Waals surface area contributed by atoms with Gasteiger partial charge >= 0.3 is 0 Å². The first-order valence-corrected chi connectivity index (χ1v) is 8.02. The third kappa shape index (κ3) is 5.00. The zero-order valence-electron chi connectivity index (χ0n) is 13.5. The molecule has 0 radical (unpaired) electrons. The van der Waals surface area contributed by atoms with Crippen LogP contribution in [0.5, 0.6) is 5.75 Å². The van der Waals surface area contributed by atoms with E-state index in [1.807, 2.05) is 19.1 Å². The van der Waals surface area contributed by atoms with Crippen LogP contribution < -0.4 is 10.1 Å². The van der Waals surface area contributed by atoms with E-state index in [4.69, 9.17) is 9.57 Å². The first kappa shape index (κ1) is 16.8. The number of aryl methyl sites for hydroxylation is 1. The van der Waals surface area contributed by atoms with Crippen molar-refractivity contribution in [3.05, 3.63) is 29.3 Å². The van der Waals surface area contributed by atoms with Gasteiger partial charge in [0.2, 0.25) is 0 Å². The number of oxime groups is 1. The Balaban J connectivity index is 1.95. The van der Waals surface area contributed by atoms with E-state index in [0.29, 0.717) is 13.2 Å². The van der Waals surface area contributed by atoms with Gasteiger partial charge in [0.25, 0.3) is 0 Å². The molecule has 1 aromatic carbocycles. The van der Waals surface area contributed by atoms with Crippen molar-refractivity contribution in [1.29, 1.82) is 0 Å². The number of nitrogens with zero attached hydrogens (tertiary/aromatic N) is 1. The molecule has 0 bridgehead atoms. The van der Waals surface area contributed by atoms with Crippen molar-refractivity contribution in [3.63, 3.8) is 0 Å². The summed E-state index contributed by atoms with van der Waals surface area (Å²) in [5, 5.41) is 17.2. The molecule has 0 aliphatic carbocycles. The fourth-order valence-corrected chi connectivity index (χ4v) is 2.35. The molecule has 0 aromatic heterocycles. The van der Waals surface area contributed by atoms with E-state index >= 15 is 0 Å². The lowest BCUT2D eigenvalue weighted by Gasteiger charge is -2.11. The molecule has 0 spiro atoms. The lowest BCUT2D eigenvalue weighted by molar-refractivity contribution is 0.0403. The minimum Gasteiger partial charge on any atom is -0.493 e. The Kier molecular flexibility index (Phi) is 6.68. The predicted octanol–water partition coefficient (Wildman–Crippen LogP) is 2.25. The van der Waals surface area contributed by atoms with E-state index in [2.05, 4.69) is 23.5 Å². The normalized spacial score (nSPS) is 17.5. The molecule has 1 aliphatic rings. The molecular weight excluding hydrogens is 280 g/mol. The number of ether oxygens (including phenoxy) is 1. The molecule has 2 N–H and O–H groups in total. The Morgan fingerprint density at radius 2 is 2.32 bits per heavy atom. The van der Waals surface area contributed by atoms with E-state index in [-0.39, 0.29) is 6.61 Å². The minimum absolute atomic E-state index is 0.197. The first-order chi connectivity index (χ1) is 10.7. The molecule has 0 amide bonds. The fourth-order valence-electron chi connectivity index (χ4n) is 2.35. The number of nitrogens with one attached hydrogen (secondary N) is 1. The maximum Gasteiger partial charge on any atom is 0.144 e. The number of benzene rings is 1. The lowest BCUT2D eigenvalue weighted by Crippen LogP contribution is -2.30. The zero-order chi connectivity index (χ0) is 15.8. The van der Waals surface area contributed by atoms with Gasteiger partial charge in [0.15, 0.2) is 0 Å². The van der Waals surface area contributed by atoms with Gasteiger partial charge in [0.1, 0.15) is 18.5 Å². The van der Waals surface area contributed by atoms with Crippen molar-refractivity contribution in [3.8, 4) is 5.75 Å². The maximum atomic E-state index is 9.82. The SMILES string of the molecule is CCCNCC(O)CO/N=C1\CCCOc2ccc(C)cc21. The van der Waals surface area contributed by atoms with Crippen LogP contribution in [0, 0.1) is 6.92 Å². The van der Waals surface area contributed by atoms with E-state index < -0.39 is 6.10 Å². The van der Waals surface area contributed by atoms with Gasteiger partial charge in [0, 0.05) is 12.1 Å².